The minimum Gasteiger partial charge on any atom is -0.399 e. The first-order valence-electron chi connectivity index (χ1n) is 6.56. The van der Waals surface area contributed by atoms with Crippen molar-refractivity contribution in [3.05, 3.63) is 65.7 Å². The van der Waals surface area contributed by atoms with Crippen LogP contribution in [-0.4, -0.2) is 12.0 Å². The Morgan fingerprint density at radius 2 is 1.95 bits per heavy atom. The molecule has 0 aromatic heterocycles. The van der Waals surface area contributed by atoms with Crippen molar-refractivity contribution in [2.24, 2.45) is 0 Å². The second kappa shape index (κ2) is 5.35. The summed E-state index contributed by atoms with van der Waals surface area (Å²) in [5.41, 5.74) is 8.41. The number of nitrogens with one attached hydrogen (secondary N) is 1. The Kier molecular flexibility index (Phi) is 3.39. The lowest BCUT2D eigenvalue weighted by Crippen LogP contribution is -2.27. The van der Waals surface area contributed by atoms with Gasteiger partial charge in [-0.2, -0.15) is 0 Å². The molecule has 1 saturated heterocycles. The fourth-order valence-corrected chi connectivity index (χ4v) is 2.20. The van der Waals surface area contributed by atoms with Crippen molar-refractivity contribution < 1.29 is 9.53 Å². The number of carbonyl (C=O) groups is 1. The normalized spacial score (nSPS) is 20.4. The molecule has 0 aliphatic carbocycles. The Bertz CT molecular complexity index is 613. The van der Waals surface area contributed by atoms with Crippen molar-refractivity contribution in [3.8, 4) is 0 Å². The van der Waals surface area contributed by atoms with Crippen LogP contribution in [0.25, 0.3) is 0 Å². The van der Waals surface area contributed by atoms with E-state index in [-0.39, 0.29) is 18.1 Å². The van der Waals surface area contributed by atoms with Gasteiger partial charge in [0.1, 0.15) is 6.10 Å². The Morgan fingerprint density at radius 1 is 1.15 bits per heavy atom. The Hall–Kier alpha value is -2.33. The van der Waals surface area contributed by atoms with Crippen LogP contribution in [-0.2, 0) is 16.1 Å². The molecule has 2 atom stereocenters. The Labute approximate surface area is 117 Å². The number of rotatable bonds is 4. The summed E-state index contributed by atoms with van der Waals surface area (Å²) in [5.74, 6) is -0.0822. The molecule has 1 fully saturated rings. The highest BCUT2D eigenvalue weighted by atomic mass is 16.6. The van der Waals surface area contributed by atoms with Crippen LogP contribution < -0.4 is 11.1 Å². The maximum atomic E-state index is 12.0. The molecule has 1 heterocycles. The zero-order chi connectivity index (χ0) is 13.9. The SMILES string of the molecule is Nc1cccc(CNC(=O)C2OC2c2ccccc2)c1. The molecule has 1 amide bonds. The molecule has 0 radical (unpaired) electrons. The summed E-state index contributed by atoms with van der Waals surface area (Å²) in [6, 6.07) is 17.2. The third-order valence-corrected chi connectivity index (χ3v) is 3.30. The first kappa shape index (κ1) is 12.7. The number of carbonyl (C=O) groups excluding carboxylic acids is 1. The molecule has 4 nitrogen and oxygen atoms in total. The van der Waals surface area contributed by atoms with Gasteiger partial charge in [-0.3, -0.25) is 4.79 Å². The molecule has 0 spiro atoms. The molecular formula is C16H16N2O2. The predicted molar refractivity (Wildman–Crippen MR) is 76.8 cm³/mol. The molecule has 1 aliphatic rings. The molecule has 2 aromatic carbocycles. The van der Waals surface area contributed by atoms with E-state index < -0.39 is 0 Å². The number of nitrogens with two attached hydrogens (primary N) is 1. The number of benzene rings is 2. The first-order valence-corrected chi connectivity index (χ1v) is 6.56. The van der Waals surface area contributed by atoms with Crippen LogP contribution >= 0.6 is 0 Å². The number of amides is 1. The molecule has 0 bridgehead atoms. The van der Waals surface area contributed by atoms with Gasteiger partial charge in [-0.05, 0) is 23.3 Å². The highest BCUT2D eigenvalue weighted by molar-refractivity contribution is 5.84. The molecular weight excluding hydrogens is 252 g/mol. The average Bonchev–Trinajstić information content (AvgIpc) is 3.26. The quantitative estimate of drug-likeness (QED) is 0.658. The molecule has 3 N–H and O–H groups in total. The average molecular weight is 268 g/mol. The van der Waals surface area contributed by atoms with Crippen molar-refractivity contribution in [3.63, 3.8) is 0 Å². The van der Waals surface area contributed by atoms with Crippen LogP contribution in [0.3, 0.4) is 0 Å². The van der Waals surface area contributed by atoms with Gasteiger partial charge >= 0.3 is 0 Å². The van der Waals surface area contributed by atoms with Crippen LogP contribution in [0.1, 0.15) is 17.2 Å². The van der Waals surface area contributed by atoms with Gasteiger partial charge in [0.2, 0.25) is 0 Å². The van der Waals surface area contributed by atoms with E-state index in [9.17, 15) is 4.79 Å². The summed E-state index contributed by atoms with van der Waals surface area (Å²) >= 11 is 0. The van der Waals surface area contributed by atoms with E-state index in [0.717, 1.165) is 11.1 Å². The van der Waals surface area contributed by atoms with Crippen molar-refractivity contribution in [2.75, 3.05) is 5.73 Å². The van der Waals surface area contributed by atoms with E-state index in [1.807, 2.05) is 54.6 Å². The molecule has 2 aromatic rings. The number of nitrogen functional groups attached to an aromatic ring is 1. The fourth-order valence-electron chi connectivity index (χ4n) is 2.20. The number of hydrogen-bond acceptors (Lipinski definition) is 3. The summed E-state index contributed by atoms with van der Waals surface area (Å²) < 4.78 is 5.44. The molecule has 1 aliphatic heterocycles. The maximum absolute atomic E-state index is 12.0. The predicted octanol–water partition coefficient (Wildman–Crippen LogP) is 2.03. The molecule has 2 unspecified atom stereocenters. The minimum atomic E-state index is -0.376. The van der Waals surface area contributed by atoms with Crippen molar-refractivity contribution >= 4 is 11.6 Å². The van der Waals surface area contributed by atoms with Crippen LogP contribution in [0.2, 0.25) is 0 Å². The highest BCUT2D eigenvalue weighted by Crippen LogP contribution is 2.38. The number of epoxide rings is 1. The highest BCUT2D eigenvalue weighted by Gasteiger charge is 2.45. The topological polar surface area (TPSA) is 67.6 Å². The van der Waals surface area contributed by atoms with Crippen LogP contribution in [0.5, 0.6) is 0 Å². The number of anilines is 1. The molecule has 102 valence electrons. The van der Waals surface area contributed by atoms with Gasteiger partial charge in [-0.15, -0.1) is 0 Å². The van der Waals surface area contributed by atoms with Crippen LogP contribution in [0.15, 0.2) is 54.6 Å². The van der Waals surface area contributed by atoms with E-state index in [4.69, 9.17) is 10.5 Å². The van der Waals surface area contributed by atoms with E-state index in [1.54, 1.807) is 0 Å². The van der Waals surface area contributed by atoms with E-state index >= 15 is 0 Å². The second-order valence-electron chi connectivity index (χ2n) is 4.85. The summed E-state index contributed by atoms with van der Waals surface area (Å²) in [6.45, 7) is 0.464. The lowest BCUT2D eigenvalue weighted by molar-refractivity contribution is -0.122. The zero-order valence-electron chi connectivity index (χ0n) is 11.0. The van der Waals surface area contributed by atoms with E-state index in [0.29, 0.717) is 12.2 Å². The molecule has 4 heteroatoms. The second-order valence-corrected chi connectivity index (χ2v) is 4.85. The van der Waals surface area contributed by atoms with Gasteiger partial charge in [-0.1, -0.05) is 42.5 Å². The van der Waals surface area contributed by atoms with Gasteiger partial charge in [0.05, 0.1) is 0 Å². The largest absolute Gasteiger partial charge is 0.399 e. The standard InChI is InChI=1S/C16H16N2O2/c17-13-8-4-5-11(9-13)10-18-16(19)15-14(20-15)12-6-2-1-3-7-12/h1-9,14-15H,10,17H2,(H,18,19). The summed E-state index contributed by atoms with van der Waals surface area (Å²) in [4.78, 5) is 12.0. The van der Waals surface area contributed by atoms with Gasteiger partial charge in [0, 0.05) is 12.2 Å². The summed E-state index contributed by atoms with van der Waals surface area (Å²) in [6.07, 6.45) is -0.490. The van der Waals surface area contributed by atoms with Gasteiger partial charge in [0.15, 0.2) is 6.10 Å². The number of hydrogen-bond donors (Lipinski definition) is 2. The fraction of sp³-hybridized carbons (Fsp3) is 0.188. The van der Waals surface area contributed by atoms with Crippen molar-refractivity contribution in [2.45, 2.75) is 18.8 Å². The van der Waals surface area contributed by atoms with Crippen LogP contribution in [0.4, 0.5) is 5.69 Å². The van der Waals surface area contributed by atoms with E-state index in [1.165, 1.54) is 0 Å². The van der Waals surface area contributed by atoms with Crippen LogP contribution in [0, 0.1) is 0 Å². The summed E-state index contributed by atoms with van der Waals surface area (Å²) in [5, 5.41) is 2.87. The lowest BCUT2D eigenvalue weighted by Gasteiger charge is -2.04. The van der Waals surface area contributed by atoms with E-state index in [2.05, 4.69) is 5.32 Å². The zero-order valence-corrected chi connectivity index (χ0v) is 11.0. The van der Waals surface area contributed by atoms with Gasteiger partial charge in [-0.25, -0.2) is 0 Å². The smallest absolute Gasteiger partial charge is 0.252 e. The first-order chi connectivity index (χ1) is 9.74. The monoisotopic (exact) mass is 268 g/mol. The third-order valence-electron chi connectivity index (χ3n) is 3.30. The Morgan fingerprint density at radius 3 is 2.70 bits per heavy atom. The van der Waals surface area contributed by atoms with Gasteiger partial charge < -0.3 is 15.8 Å². The minimum absolute atomic E-state index is 0.0822. The Balaban J connectivity index is 1.54. The lowest BCUT2D eigenvalue weighted by atomic mass is 10.1. The third kappa shape index (κ3) is 2.81. The molecule has 20 heavy (non-hydrogen) atoms. The number of ether oxygens (including phenoxy) is 1. The summed E-state index contributed by atoms with van der Waals surface area (Å²) in [7, 11) is 0. The molecule has 0 saturated carbocycles. The van der Waals surface area contributed by atoms with Crippen molar-refractivity contribution in [1.82, 2.24) is 5.32 Å². The maximum Gasteiger partial charge on any atom is 0.252 e. The molecule has 3 rings (SSSR count). The van der Waals surface area contributed by atoms with Gasteiger partial charge in [0.25, 0.3) is 5.91 Å². The van der Waals surface area contributed by atoms with Crippen molar-refractivity contribution in [1.29, 1.82) is 0 Å².